The average molecular weight is 267 g/mol. The number of likely N-dealkylation sites (tertiary alicyclic amines) is 1. The topological polar surface area (TPSA) is 66.8 Å². The molecule has 100 valence electrons. The van der Waals surface area contributed by atoms with Crippen molar-refractivity contribution >= 4 is 16.8 Å². The maximum Gasteiger partial charge on any atom is 0.275 e. The van der Waals surface area contributed by atoms with E-state index in [1.165, 1.54) is 0 Å². The van der Waals surface area contributed by atoms with Crippen molar-refractivity contribution in [2.24, 2.45) is 0 Å². The monoisotopic (exact) mass is 267 g/mol. The van der Waals surface area contributed by atoms with Crippen molar-refractivity contribution in [3.8, 4) is 0 Å². The molecule has 1 aromatic carbocycles. The summed E-state index contributed by atoms with van der Waals surface area (Å²) in [6, 6.07) is 8.00. The molecule has 6 nitrogen and oxygen atoms in total. The highest BCUT2D eigenvalue weighted by Crippen LogP contribution is 2.24. The SMILES string of the molecule is O=C(c1n[nH]c2ccccc12)N1CC(n2ccnc2)C1. The van der Waals surface area contributed by atoms with Crippen molar-refractivity contribution in [2.45, 2.75) is 6.04 Å². The van der Waals surface area contributed by atoms with Crippen LogP contribution in [0, 0.1) is 0 Å². The third kappa shape index (κ3) is 1.61. The lowest BCUT2D eigenvalue weighted by atomic mass is 10.1. The number of aromatic amines is 1. The summed E-state index contributed by atoms with van der Waals surface area (Å²) in [6.07, 6.45) is 5.47. The Morgan fingerprint density at radius 1 is 1.30 bits per heavy atom. The fraction of sp³-hybridized carbons (Fsp3) is 0.214. The van der Waals surface area contributed by atoms with Gasteiger partial charge in [-0.3, -0.25) is 9.89 Å². The minimum atomic E-state index is -0.0150. The molecule has 0 radical (unpaired) electrons. The summed E-state index contributed by atoms with van der Waals surface area (Å²) in [4.78, 5) is 18.3. The van der Waals surface area contributed by atoms with Gasteiger partial charge in [-0.05, 0) is 6.07 Å². The van der Waals surface area contributed by atoms with Crippen molar-refractivity contribution < 1.29 is 4.79 Å². The van der Waals surface area contributed by atoms with Gasteiger partial charge < -0.3 is 9.47 Å². The number of nitrogens with zero attached hydrogens (tertiary/aromatic N) is 4. The van der Waals surface area contributed by atoms with Crippen LogP contribution in [0.15, 0.2) is 43.0 Å². The number of amides is 1. The number of benzene rings is 1. The van der Waals surface area contributed by atoms with E-state index in [1.54, 1.807) is 12.5 Å². The van der Waals surface area contributed by atoms with E-state index in [-0.39, 0.29) is 5.91 Å². The number of carbonyl (C=O) groups excluding carboxylic acids is 1. The number of fused-ring (bicyclic) bond motifs is 1. The zero-order valence-electron chi connectivity index (χ0n) is 10.7. The van der Waals surface area contributed by atoms with E-state index in [4.69, 9.17) is 0 Å². The minimum absolute atomic E-state index is 0.0150. The second-order valence-corrected chi connectivity index (χ2v) is 4.99. The van der Waals surface area contributed by atoms with E-state index in [0.29, 0.717) is 24.8 Å². The molecule has 4 rings (SSSR count). The number of hydrogen-bond acceptors (Lipinski definition) is 3. The molecular weight excluding hydrogens is 254 g/mol. The number of hydrogen-bond donors (Lipinski definition) is 1. The quantitative estimate of drug-likeness (QED) is 0.764. The Bertz CT molecular complexity index is 755. The van der Waals surface area contributed by atoms with Crippen molar-refractivity contribution in [1.29, 1.82) is 0 Å². The first kappa shape index (κ1) is 11.2. The van der Waals surface area contributed by atoms with Crippen molar-refractivity contribution in [3.05, 3.63) is 48.7 Å². The Morgan fingerprint density at radius 2 is 2.15 bits per heavy atom. The van der Waals surface area contributed by atoms with E-state index < -0.39 is 0 Å². The molecule has 1 fully saturated rings. The number of carbonyl (C=O) groups is 1. The van der Waals surface area contributed by atoms with Crippen LogP contribution in [0.3, 0.4) is 0 Å². The molecule has 0 saturated carbocycles. The normalized spacial score (nSPS) is 15.5. The van der Waals surface area contributed by atoms with E-state index in [9.17, 15) is 4.79 Å². The molecule has 6 heteroatoms. The Balaban J connectivity index is 1.54. The van der Waals surface area contributed by atoms with Crippen LogP contribution in [0.25, 0.3) is 10.9 Å². The molecule has 0 atom stereocenters. The standard InChI is InChI=1S/C14H13N5O/c20-14(13-11-3-1-2-4-12(11)16-17-13)19-7-10(8-19)18-6-5-15-9-18/h1-6,9-10H,7-8H2,(H,16,17). The Labute approximate surface area is 115 Å². The van der Waals surface area contributed by atoms with Crippen LogP contribution >= 0.6 is 0 Å². The summed E-state index contributed by atoms with van der Waals surface area (Å²) >= 11 is 0. The van der Waals surface area contributed by atoms with Gasteiger partial charge in [0.1, 0.15) is 0 Å². The van der Waals surface area contributed by atoms with Gasteiger partial charge in [-0.25, -0.2) is 4.98 Å². The fourth-order valence-electron chi connectivity index (χ4n) is 2.57. The summed E-state index contributed by atoms with van der Waals surface area (Å²) in [6.45, 7) is 1.41. The maximum absolute atomic E-state index is 12.4. The fourth-order valence-corrected chi connectivity index (χ4v) is 2.57. The second-order valence-electron chi connectivity index (χ2n) is 4.99. The van der Waals surface area contributed by atoms with Crippen LogP contribution in [0.4, 0.5) is 0 Å². The Hall–Kier alpha value is -2.63. The first-order valence-electron chi connectivity index (χ1n) is 6.53. The third-order valence-electron chi connectivity index (χ3n) is 3.77. The van der Waals surface area contributed by atoms with Crippen LogP contribution in [-0.4, -0.2) is 43.6 Å². The largest absolute Gasteiger partial charge is 0.333 e. The molecule has 1 saturated heterocycles. The van der Waals surface area contributed by atoms with Gasteiger partial charge >= 0.3 is 0 Å². The molecule has 20 heavy (non-hydrogen) atoms. The molecule has 3 aromatic rings. The van der Waals surface area contributed by atoms with E-state index in [2.05, 4.69) is 15.2 Å². The first-order valence-corrected chi connectivity index (χ1v) is 6.53. The molecule has 0 spiro atoms. The van der Waals surface area contributed by atoms with E-state index in [0.717, 1.165) is 10.9 Å². The molecule has 0 unspecified atom stereocenters. The highest BCUT2D eigenvalue weighted by molar-refractivity contribution is 6.04. The van der Waals surface area contributed by atoms with Crippen molar-refractivity contribution in [2.75, 3.05) is 13.1 Å². The summed E-state index contributed by atoms with van der Waals surface area (Å²) in [5.41, 5.74) is 1.40. The van der Waals surface area contributed by atoms with Crippen LogP contribution in [0.1, 0.15) is 16.5 Å². The van der Waals surface area contributed by atoms with Gasteiger partial charge in [-0.1, -0.05) is 18.2 Å². The molecule has 1 N–H and O–H groups in total. The molecule has 1 aliphatic heterocycles. The molecular formula is C14H13N5O. The number of rotatable bonds is 2. The predicted molar refractivity (Wildman–Crippen MR) is 73.3 cm³/mol. The lowest BCUT2D eigenvalue weighted by Gasteiger charge is -2.39. The van der Waals surface area contributed by atoms with Gasteiger partial charge in [0, 0.05) is 30.9 Å². The molecule has 2 aromatic heterocycles. The third-order valence-corrected chi connectivity index (χ3v) is 3.77. The summed E-state index contributed by atoms with van der Waals surface area (Å²) in [5, 5.41) is 7.93. The number of imidazole rings is 1. The molecule has 0 bridgehead atoms. The molecule has 3 heterocycles. The number of nitrogens with one attached hydrogen (secondary N) is 1. The highest BCUT2D eigenvalue weighted by atomic mass is 16.2. The van der Waals surface area contributed by atoms with Gasteiger partial charge in [-0.2, -0.15) is 5.10 Å². The zero-order valence-corrected chi connectivity index (χ0v) is 10.7. The smallest absolute Gasteiger partial charge is 0.275 e. The first-order chi connectivity index (χ1) is 9.83. The van der Waals surface area contributed by atoms with Crippen molar-refractivity contribution in [1.82, 2.24) is 24.6 Å². The van der Waals surface area contributed by atoms with E-state index in [1.807, 2.05) is 39.9 Å². The van der Waals surface area contributed by atoms with Gasteiger partial charge in [0.15, 0.2) is 5.69 Å². The van der Waals surface area contributed by atoms with Crippen LogP contribution in [0.2, 0.25) is 0 Å². The maximum atomic E-state index is 12.4. The molecule has 0 aliphatic carbocycles. The average Bonchev–Trinajstić information content (AvgIpc) is 3.05. The zero-order chi connectivity index (χ0) is 13.5. The molecule has 1 aliphatic rings. The highest BCUT2D eigenvalue weighted by Gasteiger charge is 2.33. The lowest BCUT2D eigenvalue weighted by Crippen LogP contribution is -2.50. The van der Waals surface area contributed by atoms with Gasteiger partial charge in [-0.15, -0.1) is 0 Å². The van der Waals surface area contributed by atoms with E-state index >= 15 is 0 Å². The summed E-state index contributed by atoms with van der Waals surface area (Å²) in [7, 11) is 0. The predicted octanol–water partition coefficient (Wildman–Crippen LogP) is 1.46. The van der Waals surface area contributed by atoms with Gasteiger partial charge in [0.2, 0.25) is 0 Å². The number of aromatic nitrogens is 4. The number of para-hydroxylation sites is 1. The Morgan fingerprint density at radius 3 is 2.95 bits per heavy atom. The van der Waals surface area contributed by atoms with Crippen molar-refractivity contribution in [3.63, 3.8) is 0 Å². The summed E-state index contributed by atoms with van der Waals surface area (Å²) < 4.78 is 2.03. The van der Waals surface area contributed by atoms with Crippen LogP contribution in [-0.2, 0) is 0 Å². The lowest BCUT2D eigenvalue weighted by molar-refractivity contribution is 0.0516. The van der Waals surface area contributed by atoms with Crippen LogP contribution < -0.4 is 0 Å². The summed E-state index contributed by atoms with van der Waals surface area (Å²) in [5.74, 6) is -0.0150. The second kappa shape index (κ2) is 4.19. The van der Waals surface area contributed by atoms with Gasteiger partial charge in [0.05, 0.1) is 17.9 Å². The Kier molecular flexibility index (Phi) is 2.35. The van der Waals surface area contributed by atoms with Crippen LogP contribution in [0.5, 0.6) is 0 Å². The van der Waals surface area contributed by atoms with Gasteiger partial charge in [0.25, 0.3) is 5.91 Å². The number of H-pyrrole nitrogens is 1. The minimum Gasteiger partial charge on any atom is -0.333 e. The molecule has 1 amide bonds.